The highest BCUT2D eigenvalue weighted by atomic mass is 16.1. The van der Waals surface area contributed by atoms with Gasteiger partial charge < -0.3 is 20.9 Å². The van der Waals surface area contributed by atoms with E-state index in [1.165, 1.54) is 45.3 Å². The van der Waals surface area contributed by atoms with Crippen LogP contribution < -0.4 is 11.1 Å². The fraction of sp³-hybridized carbons (Fsp3) is 0.938. The second-order valence-corrected chi connectivity index (χ2v) is 6.99. The molecule has 5 nitrogen and oxygen atoms in total. The van der Waals surface area contributed by atoms with Gasteiger partial charge in [-0.1, -0.05) is 0 Å². The molecule has 2 saturated heterocycles. The van der Waals surface area contributed by atoms with Gasteiger partial charge in [-0.15, -0.1) is 0 Å². The Morgan fingerprint density at radius 3 is 2.33 bits per heavy atom. The van der Waals surface area contributed by atoms with E-state index in [2.05, 4.69) is 15.1 Å². The first-order chi connectivity index (χ1) is 10.0. The maximum atomic E-state index is 11.5. The largest absolute Gasteiger partial charge is 0.368 e. The zero-order valence-corrected chi connectivity index (χ0v) is 13.7. The van der Waals surface area contributed by atoms with Crippen molar-refractivity contribution in [2.75, 3.05) is 46.3 Å². The number of nitrogens with two attached hydrogens (primary N) is 1. The highest BCUT2D eigenvalue weighted by Gasteiger charge is 2.30. The number of hydrogen-bond donors (Lipinski definition) is 2. The molecule has 2 fully saturated rings. The summed E-state index contributed by atoms with van der Waals surface area (Å²) in [4.78, 5) is 16.6. The van der Waals surface area contributed by atoms with Gasteiger partial charge in [0.25, 0.3) is 0 Å². The standard InChI is InChI=1S/C16H32N4O/c1-16(18-2,15(17)21)7-12-19-10-5-14(6-11-19)13-20-8-3-4-9-20/h14,18H,3-13H2,1-2H3,(H2,17,21). The SMILES string of the molecule is CNC(C)(CCN1CCC(CN2CCCC2)CC1)C(N)=O. The van der Waals surface area contributed by atoms with Crippen LogP contribution in [0.4, 0.5) is 0 Å². The minimum atomic E-state index is -0.577. The van der Waals surface area contributed by atoms with Crippen LogP contribution >= 0.6 is 0 Å². The summed E-state index contributed by atoms with van der Waals surface area (Å²) in [6.07, 6.45) is 6.14. The highest BCUT2D eigenvalue weighted by molar-refractivity contribution is 5.84. The van der Waals surface area contributed by atoms with Crippen molar-refractivity contribution in [1.29, 1.82) is 0 Å². The van der Waals surface area contributed by atoms with Crippen LogP contribution in [0.5, 0.6) is 0 Å². The zero-order valence-electron chi connectivity index (χ0n) is 13.7. The Bertz CT molecular complexity index is 335. The van der Waals surface area contributed by atoms with E-state index in [-0.39, 0.29) is 5.91 Å². The molecule has 2 aliphatic heterocycles. The van der Waals surface area contributed by atoms with Crippen molar-refractivity contribution in [1.82, 2.24) is 15.1 Å². The molecule has 3 N–H and O–H groups in total. The van der Waals surface area contributed by atoms with Crippen LogP contribution in [0.2, 0.25) is 0 Å². The van der Waals surface area contributed by atoms with Gasteiger partial charge in [-0.3, -0.25) is 4.79 Å². The summed E-state index contributed by atoms with van der Waals surface area (Å²) in [6, 6.07) is 0. The third kappa shape index (κ3) is 4.66. The van der Waals surface area contributed by atoms with Gasteiger partial charge >= 0.3 is 0 Å². The molecular weight excluding hydrogens is 264 g/mol. The third-order valence-electron chi connectivity index (χ3n) is 5.45. The third-order valence-corrected chi connectivity index (χ3v) is 5.45. The van der Waals surface area contributed by atoms with E-state index in [9.17, 15) is 4.79 Å². The van der Waals surface area contributed by atoms with Gasteiger partial charge in [0, 0.05) is 13.1 Å². The summed E-state index contributed by atoms with van der Waals surface area (Å²) in [5.74, 6) is 0.611. The van der Waals surface area contributed by atoms with Crippen molar-refractivity contribution in [3.05, 3.63) is 0 Å². The van der Waals surface area contributed by atoms with Crippen molar-refractivity contribution >= 4 is 5.91 Å². The van der Waals surface area contributed by atoms with Crippen LogP contribution in [0.1, 0.15) is 39.0 Å². The molecule has 0 saturated carbocycles. The smallest absolute Gasteiger partial charge is 0.237 e. The Balaban J connectivity index is 1.67. The number of hydrogen-bond acceptors (Lipinski definition) is 4. The van der Waals surface area contributed by atoms with E-state index in [0.717, 1.165) is 32.0 Å². The van der Waals surface area contributed by atoms with E-state index < -0.39 is 5.54 Å². The maximum Gasteiger partial charge on any atom is 0.237 e. The minimum Gasteiger partial charge on any atom is -0.368 e. The first-order valence-corrected chi connectivity index (χ1v) is 8.47. The molecule has 2 rings (SSSR count). The first-order valence-electron chi connectivity index (χ1n) is 8.47. The predicted octanol–water partition coefficient (Wildman–Crippen LogP) is 0.648. The average Bonchev–Trinajstić information content (AvgIpc) is 2.99. The van der Waals surface area contributed by atoms with Gasteiger partial charge in [0.05, 0.1) is 5.54 Å². The van der Waals surface area contributed by atoms with E-state index in [1.54, 1.807) is 0 Å². The van der Waals surface area contributed by atoms with Crippen molar-refractivity contribution in [3.63, 3.8) is 0 Å². The summed E-state index contributed by atoms with van der Waals surface area (Å²) in [6.45, 7) is 9.09. The molecule has 0 aromatic carbocycles. The number of primary amides is 1. The second kappa shape index (κ2) is 7.56. The van der Waals surface area contributed by atoms with E-state index in [4.69, 9.17) is 5.73 Å². The fourth-order valence-corrected chi connectivity index (χ4v) is 3.48. The predicted molar refractivity (Wildman–Crippen MR) is 86.1 cm³/mol. The van der Waals surface area contributed by atoms with Crippen molar-refractivity contribution < 1.29 is 4.79 Å². The van der Waals surface area contributed by atoms with Crippen LogP contribution in [0.3, 0.4) is 0 Å². The molecule has 21 heavy (non-hydrogen) atoms. The van der Waals surface area contributed by atoms with Crippen LogP contribution in [0.15, 0.2) is 0 Å². The van der Waals surface area contributed by atoms with Gasteiger partial charge in [-0.2, -0.15) is 0 Å². The molecule has 0 aliphatic carbocycles. The summed E-state index contributed by atoms with van der Waals surface area (Å²) >= 11 is 0. The van der Waals surface area contributed by atoms with Crippen LogP contribution in [-0.2, 0) is 4.79 Å². The highest BCUT2D eigenvalue weighted by Crippen LogP contribution is 2.21. The first kappa shape index (κ1) is 16.7. The number of piperidine rings is 1. The number of amides is 1. The zero-order chi connectivity index (χ0) is 15.3. The lowest BCUT2D eigenvalue weighted by atomic mass is 9.93. The second-order valence-electron chi connectivity index (χ2n) is 6.99. The molecule has 2 heterocycles. The van der Waals surface area contributed by atoms with E-state index in [0.29, 0.717) is 0 Å². The lowest BCUT2D eigenvalue weighted by Gasteiger charge is -2.35. The van der Waals surface area contributed by atoms with Crippen molar-refractivity contribution in [3.8, 4) is 0 Å². The summed E-state index contributed by atoms with van der Waals surface area (Å²) < 4.78 is 0. The number of nitrogens with zero attached hydrogens (tertiary/aromatic N) is 2. The summed E-state index contributed by atoms with van der Waals surface area (Å²) in [5, 5.41) is 3.07. The molecule has 1 unspecified atom stereocenters. The van der Waals surface area contributed by atoms with Crippen molar-refractivity contribution in [2.24, 2.45) is 11.7 Å². The van der Waals surface area contributed by atoms with Gasteiger partial charge in [0.1, 0.15) is 0 Å². The maximum absolute atomic E-state index is 11.5. The molecule has 1 amide bonds. The van der Waals surface area contributed by atoms with Gasteiger partial charge in [0.2, 0.25) is 5.91 Å². The summed E-state index contributed by atoms with van der Waals surface area (Å²) in [7, 11) is 1.81. The number of carbonyl (C=O) groups excluding carboxylic acids is 1. The Kier molecular flexibility index (Phi) is 6.02. The minimum absolute atomic E-state index is 0.256. The Morgan fingerprint density at radius 2 is 1.81 bits per heavy atom. The number of likely N-dealkylation sites (tertiary alicyclic amines) is 2. The fourth-order valence-electron chi connectivity index (χ4n) is 3.48. The molecule has 2 aliphatic rings. The normalized spacial score (nSPS) is 25.0. The molecule has 122 valence electrons. The number of nitrogens with one attached hydrogen (secondary N) is 1. The Morgan fingerprint density at radius 1 is 1.19 bits per heavy atom. The molecule has 0 aromatic heterocycles. The molecule has 5 heteroatoms. The lowest BCUT2D eigenvalue weighted by molar-refractivity contribution is -0.124. The topological polar surface area (TPSA) is 61.6 Å². The number of likely N-dealkylation sites (N-methyl/N-ethyl adjacent to an activating group) is 1. The molecule has 0 spiro atoms. The van der Waals surface area contributed by atoms with Gasteiger partial charge in [-0.05, 0) is 78.2 Å². The van der Waals surface area contributed by atoms with E-state index >= 15 is 0 Å². The molecular formula is C16H32N4O. The van der Waals surface area contributed by atoms with Crippen molar-refractivity contribution in [2.45, 2.75) is 44.6 Å². The Hall–Kier alpha value is -0.650. The monoisotopic (exact) mass is 296 g/mol. The van der Waals surface area contributed by atoms with E-state index in [1.807, 2.05) is 14.0 Å². The van der Waals surface area contributed by atoms with Crippen LogP contribution in [0.25, 0.3) is 0 Å². The number of rotatable bonds is 7. The van der Waals surface area contributed by atoms with Gasteiger partial charge in [-0.25, -0.2) is 0 Å². The summed E-state index contributed by atoms with van der Waals surface area (Å²) in [5.41, 5.74) is 4.91. The van der Waals surface area contributed by atoms with Crippen LogP contribution in [-0.4, -0.2) is 67.6 Å². The average molecular weight is 296 g/mol. The quantitative estimate of drug-likeness (QED) is 0.724. The van der Waals surface area contributed by atoms with Gasteiger partial charge in [0.15, 0.2) is 0 Å². The lowest BCUT2D eigenvalue weighted by Crippen LogP contribution is -2.53. The molecule has 0 bridgehead atoms. The molecule has 0 aromatic rings. The number of carbonyl (C=O) groups is 1. The Labute approximate surface area is 129 Å². The molecule has 1 atom stereocenters. The molecule has 0 radical (unpaired) electrons. The van der Waals surface area contributed by atoms with Crippen LogP contribution in [0, 0.1) is 5.92 Å².